The van der Waals surface area contributed by atoms with Gasteiger partial charge in [0.2, 0.25) is 0 Å². The summed E-state index contributed by atoms with van der Waals surface area (Å²) in [6.45, 7) is 3.58. The van der Waals surface area contributed by atoms with E-state index in [1.807, 2.05) is 0 Å². The monoisotopic (exact) mass is 263 g/mol. The zero-order valence-electron chi connectivity index (χ0n) is 11.0. The van der Waals surface area contributed by atoms with Gasteiger partial charge in [0.1, 0.15) is 5.75 Å². The molecule has 0 unspecified atom stereocenters. The van der Waals surface area contributed by atoms with E-state index in [9.17, 15) is 9.90 Å². The molecule has 1 amide bonds. The molecule has 1 aromatic rings. The summed E-state index contributed by atoms with van der Waals surface area (Å²) in [7, 11) is 0. The molecule has 0 radical (unpaired) electrons. The summed E-state index contributed by atoms with van der Waals surface area (Å²) in [5, 5.41) is 12.2. The summed E-state index contributed by atoms with van der Waals surface area (Å²) in [5.41, 5.74) is 6.12. The van der Waals surface area contributed by atoms with Crippen LogP contribution in [0.3, 0.4) is 0 Å². The van der Waals surface area contributed by atoms with Gasteiger partial charge in [0, 0.05) is 37.8 Å². The topological polar surface area (TPSA) is 78.6 Å². The Labute approximate surface area is 113 Å². The molecule has 19 heavy (non-hydrogen) atoms. The predicted octanol–water partition coefficient (Wildman–Crippen LogP) is 0.545. The van der Waals surface area contributed by atoms with Gasteiger partial charge in [0.05, 0.1) is 0 Å². The van der Waals surface area contributed by atoms with Crippen LogP contribution in [0, 0.1) is 0 Å². The lowest BCUT2D eigenvalue weighted by atomic mass is 10.0. The van der Waals surface area contributed by atoms with Crippen molar-refractivity contribution >= 4 is 5.91 Å². The lowest BCUT2D eigenvalue weighted by Crippen LogP contribution is -2.45. The third-order valence-corrected chi connectivity index (χ3v) is 3.50. The maximum absolute atomic E-state index is 12.0. The van der Waals surface area contributed by atoms with Crippen LogP contribution in [-0.2, 0) is 0 Å². The number of phenolic OH excluding ortho intramolecular Hbond substituents is 1. The van der Waals surface area contributed by atoms with Gasteiger partial charge in [-0.15, -0.1) is 0 Å². The van der Waals surface area contributed by atoms with Crippen molar-refractivity contribution in [1.82, 2.24) is 10.2 Å². The highest BCUT2D eigenvalue weighted by atomic mass is 16.3. The molecule has 0 aromatic heterocycles. The second kappa shape index (κ2) is 6.54. The minimum atomic E-state index is -0.0720. The molecule has 0 aliphatic carbocycles. The third-order valence-electron chi connectivity index (χ3n) is 3.50. The highest BCUT2D eigenvalue weighted by molar-refractivity contribution is 5.94. The Morgan fingerprint density at radius 1 is 1.32 bits per heavy atom. The lowest BCUT2D eigenvalue weighted by molar-refractivity contribution is 0.0912. The number of nitrogens with two attached hydrogens (primary N) is 1. The van der Waals surface area contributed by atoms with Crippen LogP contribution in [0.5, 0.6) is 5.75 Å². The number of nitrogens with zero attached hydrogens (tertiary/aromatic N) is 1. The number of carbonyl (C=O) groups excluding carboxylic acids is 1. The Morgan fingerprint density at radius 3 is 2.53 bits per heavy atom. The summed E-state index contributed by atoms with van der Waals surface area (Å²) in [5.74, 6) is 0.101. The van der Waals surface area contributed by atoms with Crippen molar-refractivity contribution in [3.8, 4) is 5.75 Å². The molecule has 1 heterocycles. The number of aromatic hydroxyl groups is 1. The van der Waals surface area contributed by atoms with Crippen molar-refractivity contribution in [3.63, 3.8) is 0 Å². The summed E-state index contributed by atoms with van der Waals surface area (Å²) in [4.78, 5) is 14.3. The molecule has 0 bridgehead atoms. The van der Waals surface area contributed by atoms with E-state index in [2.05, 4.69) is 10.2 Å². The predicted molar refractivity (Wildman–Crippen MR) is 74.1 cm³/mol. The number of amides is 1. The SMILES string of the molecule is NCCN1CCC(NC(=O)c2ccc(O)cc2)CC1. The average molecular weight is 263 g/mol. The summed E-state index contributed by atoms with van der Waals surface area (Å²) >= 11 is 0. The molecule has 5 heteroatoms. The standard InChI is InChI=1S/C14H21N3O2/c15-7-10-17-8-5-12(6-9-17)16-14(19)11-1-3-13(18)4-2-11/h1-4,12,18H,5-10,15H2,(H,16,19). The molecule has 4 N–H and O–H groups in total. The van der Waals surface area contributed by atoms with Crippen LogP contribution in [0.25, 0.3) is 0 Å². The van der Waals surface area contributed by atoms with Gasteiger partial charge >= 0.3 is 0 Å². The van der Waals surface area contributed by atoms with Crippen LogP contribution >= 0.6 is 0 Å². The fraction of sp³-hybridized carbons (Fsp3) is 0.500. The minimum Gasteiger partial charge on any atom is -0.508 e. The smallest absolute Gasteiger partial charge is 0.251 e. The second-order valence-corrected chi connectivity index (χ2v) is 4.92. The first kappa shape index (κ1) is 13.8. The van der Waals surface area contributed by atoms with Gasteiger partial charge in [-0.05, 0) is 37.1 Å². The van der Waals surface area contributed by atoms with E-state index in [0.29, 0.717) is 12.1 Å². The van der Waals surface area contributed by atoms with Gasteiger partial charge in [-0.3, -0.25) is 4.79 Å². The fourth-order valence-corrected chi connectivity index (χ4v) is 2.37. The van der Waals surface area contributed by atoms with Crippen molar-refractivity contribution in [3.05, 3.63) is 29.8 Å². The Morgan fingerprint density at radius 2 is 1.95 bits per heavy atom. The fourth-order valence-electron chi connectivity index (χ4n) is 2.37. The van der Waals surface area contributed by atoms with Crippen LogP contribution < -0.4 is 11.1 Å². The molecule has 0 atom stereocenters. The lowest BCUT2D eigenvalue weighted by Gasteiger charge is -2.32. The Bertz CT molecular complexity index is 411. The van der Waals surface area contributed by atoms with Crippen molar-refractivity contribution < 1.29 is 9.90 Å². The maximum atomic E-state index is 12.0. The van der Waals surface area contributed by atoms with Crippen LogP contribution in [0.4, 0.5) is 0 Å². The van der Waals surface area contributed by atoms with Gasteiger partial charge in [0.15, 0.2) is 0 Å². The van der Waals surface area contributed by atoms with Gasteiger partial charge in [-0.1, -0.05) is 0 Å². The molecule has 1 aliphatic rings. The van der Waals surface area contributed by atoms with Crippen molar-refractivity contribution in [2.45, 2.75) is 18.9 Å². The summed E-state index contributed by atoms with van der Waals surface area (Å²) < 4.78 is 0. The van der Waals surface area contributed by atoms with E-state index in [4.69, 9.17) is 5.73 Å². The highest BCUT2D eigenvalue weighted by Gasteiger charge is 2.20. The van der Waals surface area contributed by atoms with E-state index in [0.717, 1.165) is 32.5 Å². The maximum Gasteiger partial charge on any atom is 0.251 e. The Kier molecular flexibility index (Phi) is 4.76. The number of likely N-dealkylation sites (tertiary alicyclic amines) is 1. The number of hydrogen-bond donors (Lipinski definition) is 3. The number of benzene rings is 1. The zero-order valence-corrected chi connectivity index (χ0v) is 11.0. The number of nitrogens with one attached hydrogen (secondary N) is 1. The van der Waals surface area contributed by atoms with Crippen LogP contribution in [0.1, 0.15) is 23.2 Å². The molecule has 1 fully saturated rings. The Hall–Kier alpha value is -1.59. The van der Waals surface area contributed by atoms with E-state index < -0.39 is 0 Å². The van der Waals surface area contributed by atoms with E-state index in [-0.39, 0.29) is 17.7 Å². The van der Waals surface area contributed by atoms with Gasteiger partial charge in [-0.25, -0.2) is 0 Å². The third kappa shape index (κ3) is 3.94. The quantitative estimate of drug-likeness (QED) is 0.741. The second-order valence-electron chi connectivity index (χ2n) is 4.92. The molecule has 0 saturated carbocycles. The minimum absolute atomic E-state index is 0.0720. The van der Waals surface area contributed by atoms with Crippen molar-refractivity contribution in [1.29, 1.82) is 0 Å². The first-order valence-corrected chi connectivity index (χ1v) is 6.71. The molecule has 104 valence electrons. The molecule has 1 aromatic carbocycles. The molecule has 1 aliphatic heterocycles. The number of carbonyl (C=O) groups is 1. The van der Waals surface area contributed by atoms with E-state index in [1.165, 1.54) is 12.1 Å². The molecule has 0 spiro atoms. The number of rotatable bonds is 4. The molecule has 1 saturated heterocycles. The largest absolute Gasteiger partial charge is 0.508 e. The number of hydrogen-bond acceptors (Lipinski definition) is 4. The van der Waals surface area contributed by atoms with Crippen molar-refractivity contribution in [2.75, 3.05) is 26.2 Å². The molecule has 2 rings (SSSR count). The van der Waals surface area contributed by atoms with Crippen LogP contribution in [-0.4, -0.2) is 48.1 Å². The van der Waals surface area contributed by atoms with Crippen LogP contribution in [0.2, 0.25) is 0 Å². The number of piperidine rings is 1. The van der Waals surface area contributed by atoms with Gasteiger partial charge in [0.25, 0.3) is 5.91 Å². The van der Waals surface area contributed by atoms with Crippen LogP contribution in [0.15, 0.2) is 24.3 Å². The molecule has 5 nitrogen and oxygen atoms in total. The van der Waals surface area contributed by atoms with E-state index >= 15 is 0 Å². The normalized spacial score (nSPS) is 17.3. The van der Waals surface area contributed by atoms with E-state index in [1.54, 1.807) is 12.1 Å². The number of phenols is 1. The Balaban J connectivity index is 1.82. The van der Waals surface area contributed by atoms with Gasteiger partial charge < -0.3 is 21.1 Å². The first-order valence-electron chi connectivity index (χ1n) is 6.71. The highest BCUT2D eigenvalue weighted by Crippen LogP contribution is 2.12. The molecular formula is C14H21N3O2. The zero-order chi connectivity index (χ0) is 13.7. The average Bonchev–Trinajstić information content (AvgIpc) is 2.42. The first-order chi connectivity index (χ1) is 9.19. The van der Waals surface area contributed by atoms with Gasteiger partial charge in [-0.2, -0.15) is 0 Å². The summed E-state index contributed by atoms with van der Waals surface area (Å²) in [6.07, 6.45) is 1.92. The molecular weight excluding hydrogens is 242 g/mol. The van der Waals surface area contributed by atoms with Crippen molar-refractivity contribution in [2.24, 2.45) is 5.73 Å². The summed E-state index contributed by atoms with van der Waals surface area (Å²) in [6, 6.07) is 6.55.